The number of ether oxygens (including phenoxy) is 1. The van der Waals surface area contributed by atoms with E-state index in [0.717, 1.165) is 17.6 Å². The molecule has 104 valence electrons. The minimum atomic E-state index is -0.0451. The van der Waals surface area contributed by atoms with Crippen LogP contribution in [0, 0.1) is 0 Å². The second kappa shape index (κ2) is 5.68. The van der Waals surface area contributed by atoms with Gasteiger partial charge < -0.3 is 4.74 Å². The molecule has 0 N–H and O–H groups in total. The summed E-state index contributed by atoms with van der Waals surface area (Å²) in [6.45, 7) is 6.36. The lowest BCUT2D eigenvalue weighted by atomic mass is 9.86. The van der Waals surface area contributed by atoms with Crippen LogP contribution in [0.2, 0.25) is 5.02 Å². The molecule has 2 aromatic rings. The zero-order chi connectivity index (χ0) is 14.8. The smallest absolute Gasteiger partial charge is 0.155 e. The molecule has 2 rings (SSSR count). The molecule has 0 saturated heterocycles. The van der Waals surface area contributed by atoms with Gasteiger partial charge >= 0.3 is 0 Å². The van der Waals surface area contributed by atoms with E-state index in [0.29, 0.717) is 16.3 Å². The highest BCUT2D eigenvalue weighted by atomic mass is 35.5. The van der Waals surface area contributed by atoms with E-state index in [9.17, 15) is 4.79 Å². The molecule has 0 atom stereocenters. The topological polar surface area (TPSA) is 26.3 Å². The first-order chi connectivity index (χ1) is 9.43. The predicted molar refractivity (Wildman–Crippen MR) is 82.1 cm³/mol. The van der Waals surface area contributed by atoms with Crippen molar-refractivity contribution in [2.45, 2.75) is 26.2 Å². The van der Waals surface area contributed by atoms with E-state index < -0.39 is 0 Å². The Kier molecular flexibility index (Phi) is 4.15. The molecule has 0 heterocycles. The Bertz CT molecular complexity index is 627. The number of aldehydes is 1. The fraction of sp³-hybridized carbons (Fsp3) is 0.235. The SMILES string of the molecule is CC(C)(C)c1ccccc1Oc1cccc(Cl)c1C=O. The van der Waals surface area contributed by atoms with Crippen molar-refractivity contribution in [2.24, 2.45) is 0 Å². The first-order valence-corrected chi connectivity index (χ1v) is 6.82. The first-order valence-electron chi connectivity index (χ1n) is 6.44. The number of carbonyl (C=O) groups is 1. The van der Waals surface area contributed by atoms with E-state index in [1.54, 1.807) is 18.2 Å². The number of benzene rings is 2. The van der Waals surface area contributed by atoms with Crippen LogP contribution < -0.4 is 4.74 Å². The van der Waals surface area contributed by atoms with Crippen molar-refractivity contribution in [3.05, 3.63) is 58.6 Å². The molecule has 0 radical (unpaired) electrons. The molecule has 0 amide bonds. The Morgan fingerprint density at radius 2 is 1.65 bits per heavy atom. The number of para-hydroxylation sites is 1. The highest BCUT2D eigenvalue weighted by Crippen LogP contribution is 2.35. The lowest BCUT2D eigenvalue weighted by Crippen LogP contribution is -2.12. The fourth-order valence-corrected chi connectivity index (χ4v) is 2.22. The monoisotopic (exact) mass is 288 g/mol. The van der Waals surface area contributed by atoms with Gasteiger partial charge in [0.25, 0.3) is 0 Å². The molecule has 0 unspecified atom stereocenters. The van der Waals surface area contributed by atoms with Gasteiger partial charge in [-0.2, -0.15) is 0 Å². The normalized spacial score (nSPS) is 11.2. The number of hydrogen-bond acceptors (Lipinski definition) is 2. The van der Waals surface area contributed by atoms with Crippen molar-refractivity contribution >= 4 is 17.9 Å². The maximum atomic E-state index is 11.2. The molecule has 0 aliphatic rings. The molecule has 0 aliphatic carbocycles. The van der Waals surface area contributed by atoms with E-state index in [2.05, 4.69) is 20.8 Å². The molecule has 0 fully saturated rings. The largest absolute Gasteiger partial charge is 0.456 e. The summed E-state index contributed by atoms with van der Waals surface area (Å²) < 4.78 is 5.92. The fourth-order valence-electron chi connectivity index (χ4n) is 2.01. The second-order valence-corrected chi connectivity index (χ2v) is 6.02. The van der Waals surface area contributed by atoms with E-state index >= 15 is 0 Å². The molecule has 0 aliphatic heterocycles. The van der Waals surface area contributed by atoms with Gasteiger partial charge in [-0.25, -0.2) is 0 Å². The van der Waals surface area contributed by atoms with E-state index in [4.69, 9.17) is 16.3 Å². The van der Waals surface area contributed by atoms with Gasteiger partial charge in [-0.1, -0.05) is 56.6 Å². The van der Waals surface area contributed by atoms with Gasteiger partial charge in [-0.3, -0.25) is 4.79 Å². The van der Waals surface area contributed by atoms with Crippen molar-refractivity contribution in [1.29, 1.82) is 0 Å². The minimum absolute atomic E-state index is 0.0451. The van der Waals surface area contributed by atoms with Crippen LogP contribution in [-0.2, 0) is 5.41 Å². The van der Waals surface area contributed by atoms with E-state index in [1.165, 1.54) is 0 Å². The molecular weight excluding hydrogens is 272 g/mol. The van der Waals surface area contributed by atoms with Crippen molar-refractivity contribution in [3.63, 3.8) is 0 Å². The molecule has 0 aromatic heterocycles. The van der Waals surface area contributed by atoms with Crippen LogP contribution in [0.15, 0.2) is 42.5 Å². The Labute approximate surface area is 124 Å². The third kappa shape index (κ3) is 3.02. The summed E-state index contributed by atoms with van der Waals surface area (Å²) in [7, 11) is 0. The standard InChI is InChI=1S/C17H17ClO2/c1-17(2,3)13-7-4-5-9-16(13)20-15-10-6-8-14(18)12(15)11-19/h4-11H,1-3H3. The zero-order valence-electron chi connectivity index (χ0n) is 11.8. The summed E-state index contributed by atoms with van der Waals surface area (Å²) in [4.78, 5) is 11.2. The van der Waals surface area contributed by atoms with Crippen LogP contribution in [0.3, 0.4) is 0 Å². The quantitative estimate of drug-likeness (QED) is 0.722. The van der Waals surface area contributed by atoms with E-state index in [1.807, 2.05) is 24.3 Å². The second-order valence-electron chi connectivity index (χ2n) is 5.62. The summed E-state index contributed by atoms with van der Waals surface area (Å²) in [5, 5.41) is 0.394. The molecule has 0 bridgehead atoms. The van der Waals surface area contributed by atoms with Gasteiger partial charge in [-0.15, -0.1) is 0 Å². The Hall–Kier alpha value is -1.80. The van der Waals surface area contributed by atoms with E-state index in [-0.39, 0.29) is 5.41 Å². The summed E-state index contributed by atoms with van der Waals surface area (Å²) in [5.74, 6) is 1.22. The molecule has 2 nitrogen and oxygen atoms in total. The van der Waals surface area contributed by atoms with Gasteiger partial charge in [-0.05, 0) is 23.6 Å². The molecular formula is C17H17ClO2. The molecule has 2 aromatic carbocycles. The third-order valence-electron chi connectivity index (χ3n) is 3.05. The van der Waals surface area contributed by atoms with Crippen LogP contribution in [0.1, 0.15) is 36.7 Å². The van der Waals surface area contributed by atoms with Gasteiger partial charge in [0.1, 0.15) is 11.5 Å². The first kappa shape index (κ1) is 14.6. The Balaban J connectivity index is 2.46. The average molecular weight is 289 g/mol. The van der Waals surface area contributed by atoms with Crippen molar-refractivity contribution in [1.82, 2.24) is 0 Å². The van der Waals surface area contributed by atoms with Crippen molar-refractivity contribution in [3.8, 4) is 11.5 Å². The lowest BCUT2D eigenvalue weighted by molar-refractivity contribution is 0.112. The number of hydrogen-bond donors (Lipinski definition) is 0. The molecule has 20 heavy (non-hydrogen) atoms. The maximum absolute atomic E-state index is 11.2. The van der Waals surface area contributed by atoms with Gasteiger partial charge in [0.05, 0.1) is 10.6 Å². The zero-order valence-corrected chi connectivity index (χ0v) is 12.6. The van der Waals surface area contributed by atoms with Gasteiger partial charge in [0.2, 0.25) is 0 Å². The van der Waals surface area contributed by atoms with Crippen LogP contribution in [-0.4, -0.2) is 6.29 Å². The number of halogens is 1. The third-order valence-corrected chi connectivity index (χ3v) is 3.38. The molecule has 0 saturated carbocycles. The van der Waals surface area contributed by atoms with Crippen molar-refractivity contribution in [2.75, 3.05) is 0 Å². The van der Waals surface area contributed by atoms with Gasteiger partial charge in [0.15, 0.2) is 6.29 Å². The van der Waals surface area contributed by atoms with Crippen LogP contribution in [0.25, 0.3) is 0 Å². The summed E-state index contributed by atoms with van der Waals surface area (Å²) in [6, 6.07) is 13.0. The maximum Gasteiger partial charge on any atom is 0.155 e. The summed E-state index contributed by atoms with van der Waals surface area (Å²) >= 11 is 6.01. The number of rotatable bonds is 3. The van der Waals surface area contributed by atoms with Crippen LogP contribution in [0.5, 0.6) is 11.5 Å². The van der Waals surface area contributed by atoms with Crippen molar-refractivity contribution < 1.29 is 9.53 Å². The number of carbonyl (C=O) groups excluding carboxylic acids is 1. The highest BCUT2D eigenvalue weighted by molar-refractivity contribution is 6.33. The van der Waals surface area contributed by atoms with Crippen LogP contribution in [0.4, 0.5) is 0 Å². The molecule has 0 spiro atoms. The summed E-state index contributed by atoms with van der Waals surface area (Å²) in [5.41, 5.74) is 1.41. The van der Waals surface area contributed by atoms with Gasteiger partial charge in [0, 0.05) is 5.56 Å². The molecule has 3 heteroatoms. The predicted octanol–water partition coefficient (Wildman–Crippen LogP) is 5.24. The highest BCUT2D eigenvalue weighted by Gasteiger charge is 2.19. The lowest BCUT2D eigenvalue weighted by Gasteiger charge is -2.22. The average Bonchev–Trinajstić information content (AvgIpc) is 2.38. The minimum Gasteiger partial charge on any atom is -0.456 e. The van der Waals surface area contributed by atoms with Crippen LogP contribution >= 0.6 is 11.6 Å². The Morgan fingerprint density at radius 1 is 1.00 bits per heavy atom. The summed E-state index contributed by atoms with van der Waals surface area (Å²) in [6.07, 6.45) is 0.720. The Morgan fingerprint density at radius 3 is 2.30 bits per heavy atom.